The first-order valence-electron chi connectivity index (χ1n) is 2.33. The molecule has 48 valence electrons. The van der Waals surface area contributed by atoms with Crippen molar-refractivity contribution < 1.29 is 14.7 Å². The molecule has 1 N–H and O–H groups in total. The Morgan fingerprint density at radius 3 is 1.67 bits per heavy atom. The Morgan fingerprint density at radius 2 is 1.67 bits per heavy atom. The van der Waals surface area contributed by atoms with Crippen LogP contribution in [-0.4, -0.2) is 54.6 Å². The van der Waals surface area contributed by atoms with E-state index in [1.54, 1.807) is 13.8 Å². The predicted molar refractivity (Wildman–Crippen MR) is 33.2 cm³/mol. The maximum atomic E-state index is 10.2. The largest absolute Gasteiger partial charge is 0.475 e. The molecule has 0 fully saturated rings. The Morgan fingerprint density at radius 1 is 1.33 bits per heavy atom. The molecule has 0 saturated heterocycles. The number of ketones is 1. The second-order valence-electron chi connectivity index (χ2n) is 1.82. The van der Waals surface area contributed by atoms with Crippen LogP contribution in [0.15, 0.2) is 0 Å². The molecule has 0 aliphatic carbocycles. The van der Waals surface area contributed by atoms with Gasteiger partial charge in [-0.25, -0.2) is 4.79 Å². The Balaban J connectivity index is 0. The van der Waals surface area contributed by atoms with E-state index in [2.05, 4.69) is 0 Å². The summed E-state index contributed by atoms with van der Waals surface area (Å²) in [5, 5.41) is 8.00. The molecular weight excluding hydrogens is 148 g/mol. The van der Waals surface area contributed by atoms with Crippen LogP contribution < -0.4 is 0 Å². The molecule has 0 aromatic heterocycles. The second kappa shape index (κ2) is 5.21. The van der Waals surface area contributed by atoms with Gasteiger partial charge in [-0.1, -0.05) is 13.8 Å². The van der Waals surface area contributed by atoms with Crippen molar-refractivity contribution in [2.75, 3.05) is 0 Å². The van der Waals surface area contributed by atoms with Crippen molar-refractivity contribution in [2.24, 2.45) is 5.92 Å². The van der Waals surface area contributed by atoms with E-state index in [0.29, 0.717) is 0 Å². The summed E-state index contributed by atoms with van der Waals surface area (Å²) in [6, 6.07) is 0. The summed E-state index contributed by atoms with van der Waals surface area (Å²) < 4.78 is 0. The minimum absolute atomic E-state index is 0. The molecule has 0 atom stereocenters. The summed E-state index contributed by atoms with van der Waals surface area (Å²) >= 11 is 0. The second-order valence-corrected chi connectivity index (χ2v) is 1.82. The van der Waals surface area contributed by atoms with Crippen LogP contribution in [0.1, 0.15) is 13.8 Å². The number of carbonyl (C=O) groups is 2. The number of carboxylic acids is 1. The maximum absolute atomic E-state index is 10.2. The standard InChI is InChI=1S/C5H8O3.Ca/c1-3(2)4(6)5(7)8;/h3H,1-2H3,(H,7,8);. The van der Waals surface area contributed by atoms with E-state index < -0.39 is 17.7 Å². The van der Waals surface area contributed by atoms with Crippen molar-refractivity contribution in [3.05, 3.63) is 0 Å². The molecule has 2 radical (unpaired) electrons. The van der Waals surface area contributed by atoms with Gasteiger partial charge < -0.3 is 5.11 Å². The van der Waals surface area contributed by atoms with Gasteiger partial charge >= 0.3 is 5.97 Å². The first kappa shape index (κ1) is 12.1. The van der Waals surface area contributed by atoms with Crippen LogP contribution in [0.25, 0.3) is 0 Å². The molecule has 0 aromatic carbocycles. The quantitative estimate of drug-likeness (QED) is 0.449. The Kier molecular flexibility index (Phi) is 7.01. The summed E-state index contributed by atoms with van der Waals surface area (Å²) in [4.78, 5) is 20.0. The van der Waals surface area contributed by atoms with Crippen LogP contribution in [0.3, 0.4) is 0 Å². The van der Waals surface area contributed by atoms with Gasteiger partial charge in [-0.05, 0) is 0 Å². The van der Waals surface area contributed by atoms with Crippen molar-refractivity contribution in [1.29, 1.82) is 0 Å². The molecule has 0 saturated carbocycles. The normalized spacial score (nSPS) is 8.33. The van der Waals surface area contributed by atoms with Gasteiger partial charge in [0.25, 0.3) is 0 Å². The monoisotopic (exact) mass is 156 g/mol. The molecule has 0 aliphatic heterocycles. The molecule has 0 rings (SSSR count). The summed E-state index contributed by atoms with van der Waals surface area (Å²) in [6.45, 7) is 3.10. The van der Waals surface area contributed by atoms with Crippen molar-refractivity contribution in [3.63, 3.8) is 0 Å². The van der Waals surface area contributed by atoms with E-state index in [0.717, 1.165) is 0 Å². The summed E-state index contributed by atoms with van der Waals surface area (Å²) in [5.41, 5.74) is 0. The molecule has 0 aliphatic rings. The average Bonchev–Trinajstić information content (AvgIpc) is 1.64. The number of hydrogen-bond donors (Lipinski definition) is 1. The molecule has 3 nitrogen and oxygen atoms in total. The number of carbonyl (C=O) groups excluding carboxylic acids is 1. The fourth-order valence-electron chi connectivity index (χ4n) is 0.247. The van der Waals surface area contributed by atoms with E-state index in [9.17, 15) is 9.59 Å². The molecular formula is C5H8CaO3. The zero-order chi connectivity index (χ0) is 6.73. The molecule has 9 heavy (non-hydrogen) atoms. The fraction of sp³-hybridized carbons (Fsp3) is 0.600. The van der Waals surface area contributed by atoms with E-state index in [1.807, 2.05) is 0 Å². The van der Waals surface area contributed by atoms with Crippen molar-refractivity contribution >= 4 is 49.5 Å². The molecule has 0 heterocycles. The number of carboxylic acid groups (broad SMARTS) is 1. The molecule has 0 unspecified atom stereocenters. The van der Waals surface area contributed by atoms with Gasteiger partial charge in [0.2, 0.25) is 5.78 Å². The summed E-state index contributed by atoms with van der Waals surface area (Å²) in [6.07, 6.45) is 0. The predicted octanol–water partition coefficient (Wildman–Crippen LogP) is -0.0847. The van der Waals surface area contributed by atoms with E-state index in [1.165, 1.54) is 0 Å². The average molecular weight is 156 g/mol. The summed E-state index contributed by atoms with van der Waals surface area (Å²) in [5.74, 6) is -2.47. The van der Waals surface area contributed by atoms with Gasteiger partial charge in [-0.2, -0.15) is 0 Å². The molecule has 4 heteroatoms. The van der Waals surface area contributed by atoms with Gasteiger partial charge in [-0.15, -0.1) is 0 Å². The third-order valence-corrected chi connectivity index (χ3v) is 0.735. The Bertz CT molecular complexity index is 119. The van der Waals surface area contributed by atoms with Crippen LogP contribution in [0.5, 0.6) is 0 Å². The fourth-order valence-corrected chi connectivity index (χ4v) is 0.247. The Hall–Kier alpha value is 0.400. The zero-order valence-corrected chi connectivity index (χ0v) is 7.76. The molecule has 0 bridgehead atoms. The van der Waals surface area contributed by atoms with Crippen LogP contribution in [0.4, 0.5) is 0 Å². The topological polar surface area (TPSA) is 54.4 Å². The van der Waals surface area contributed by atoms with Crippen LogP contribution in [0, 0.1) is 5.92 Å². The van der Waals surface area contributed by atoms with Gasteiger partial charge in [0.15, 0.2) is 0 Å². The number of hydrogen-bond acceptors (Lipinski definition) is 2. The van der Waals surface area contributed by atoms with Crippen LogP contribution in [0.2, 0.25) is 0 Å². The number of Topliss-reactive ketones (excluding diaryl/α,β-unsaturated/α-hetero) is 1. The van der Waals surface area contributed by atoms with Crippen molar-refractivity contribution in [1.82, 2.24) is 0 Å². The maximum Gasteiger partial charge on any atom is 0.372 e. The number of rotatable bonds is 2. The third kappa shape index (κ3) is 4.88. The minimum Gasteiger partial charge on any atom is -0.475 e. The van der Waals surface area contributed by atoms with Gasteiger partial charge in [0.05, 0.1) is 0 Å². The van der Waals surface area contributed by atoms with Gasteiger partial charge in [-0.3, -0.25) is 4.79 Å². The van der Waals surface area contributed by atoms with Crippen molar-refractivity contribution in [3.8, 4) is 0 Å². The smallest absolute Gasteiger partial charge is 0.372 e. The van der Waals surface area contributed by atoms with Crippen LogP contribution >= 0.6 is 0 Å². The minimum atomic E-state index is -1.35. The van der Waals surface area contributed by atoms with Gasteiger partial charge in [0, 0.05) is 43.7 Å². The summed E-state index contributed by atoms with van der Waals surface area (Å²) in [7, 11) is 0. The number of aliphatic carboxylic acids is 1. The van der Waals surface area contributed by atoms with E-state index >= 15 is 0 Å². The van der Waals surface area contributed by atoms with E-state index in [4.69, 9.17) is 5.11 Å². The first-order chi connectivity index (χ1) is 3.55. The first-order valence-corrected chi connectivity index (χ1v) is 2.33. The van der Waals surface area contributed by atoms with Crippen molar-refractivity contribution in [2.45, 2.75) is 13.8 Å². The molecule has 0 spiro atoms. The zero-order valence-electron chi connectivity index (χ0n) is 5.55. The Labute approximate surface area is 83.4 Å². The molecule has 0 amide bonds. The van der Waals surface area contributed by atoms with E-state index in [-0.39, 0.29) is 37.7 Å². The SMILES string of the molecule is CC(C)C(=O)C(=O)O.[Ca]. The molecule has 0 aromatic rings. The van der Waals surface area contributed by atoms with Gasteiger partial charge in [0.1, 0.15) is 0 Å². The third-order valence-electron chi connectivity index (χ3n) is 0.735. The van der Waals surface area contributed by atoms with Crippen LogP contribution in [-0.2, 0) is 9.59 Å².